The molecule has 0 aromatic heterocycles. The van der Waals surface area contributed by atoms with E-state index in [0.717, 1.165) is 0 Å². The maximum Gasteiger partial charge on any atom is 0.398 e. The molecule has 1 aliphatic heterocycles. The summed E-state index contributed by atoms with van der Waals surface area (Å²) in [5.41, 5.74) is 3.58. The van der Waals surface area contributed by atoms with Crippen LogP contribution in [-0.2, 0) is 0 Å². The van der Waals surface area contributed by atoms with E-state index in [0.29, 0.717) is 0 Å². The highest BCUT2D eigenvalue weighted by Crippen LogP contribution is 2.33. The van der Waals surface area contributed by atoms with E-state index in [-0.39, 0.29) is 6.98 Å². The molecule has 0 radical (unpaired) electrons. The van der Waals surface area contributed by atoms with Gasteiger partial charge >= 0.3 is 6.98 Å². The monoisotopic (exact) mass is 270 g/mol. The fourth-order valence-electron chi connectivity index (χ4n) is 2.82. The number of benzene rings is 3. The van der Waals surface area contributed by atoms with Gasteiger partial charge in [-0.3, -0.25) is 0 Å². The lowest BCUT2D eigenvalue weighted by Crippen LogP contribution is -2.35. The lowest BCUT2D eigenvalue weighted by molar-refractivity contribution is 1.61. The average molecular weight is 270 g/mol. The highest BCUT2D eigenvalue weighted by atomic mass is 15.0. The van der Waals surface area contributed by atoms with E-state index in [2.05, 4.69) is 83.2 Å². The van der Waals surface area contributed by atoms with Crippen LogP contribution in [0.4, 0.5) is 11.4 Å². The second kappa shape index (κ2) is 5.02. The molecule has 0 saturated carbocycles. The van der Waals surface area contributed by atoms with Crippen LogP contribution in [0.3, 0.4) is 0 Å². The fraction of sp³-hybridized carbons (Fsp3) is 0. The zero-order chi connectivity index (χ0) is 14.1. The molecule has 0 saturated heterocycles. The fourth-order valence-corrected chi connectivity index (χ4v) is 2.82. The number of hydrogen-bond acceptors (Lipinski definition) is 2. The second-order valence-electron chi connectivity index (χ2n) is 5.25. The van der Waals surface area contributed by atoms with Gasteiger partial charge < -0.3 is 10.5 Å². The Morgan fingerprint density at radius 3 is 2.05 bits per heavy atom. The molecule has 2 N–H and O–H groups in total. The lowest BCUT2D eigenvalue weighted by atomic mass is 9.73. The van der Waals surface area contributed by atoms with Crippen molar-refractivity contribution in [2.75, 3.05) is 10.5 Å². The van der Waals surface area contributed by atoms with Crippen LogP contribution in [0.25, 0.3) is 16.8 Å². The van der Waals surface area contributed by atoms with Crippen LogP contribution < -0.4 is 10.5 Å². The molecule has 0 unspecified atom stereocenters. The molecule has 0 fully saturated rings. The van der Waals surface area contributed by atoms with Crippen molar-refractivity contribution >= 4 is 35.2 Å². The largest absolute Gasteiger partial charge is 0.405 e. The summed E-state index contributed by atoms with van der Waals surface area (Å²) < 4.78 is 0. The Labute approximate surface area is 124 Å². The SMILES string of the molecule is C(=C/c1ccccc1)/B1Nc2cccc3cccc(c23)N1. The molecule has 4 rings (SSSR count). The van der Waals surface area contributed by atoms with E-state index in [1.165, 1.54) is 27.7 Å². The zero-order valence-corrected chi connectivity index (χ0v) is 11.6. The first-order valence-corrected chi connectivity index (χ1v) is 7.18. The van der Waals surface area contributed by atoms with Gasteiger partial charge in [0.05, 0.1) is 0 Å². The van der Waals surface area contributed by atoms with Crippen LogP contribution in [0.1, 0.15) is 5.56 Å². The van der Waals surface area contributed by atoms with Gasteiger partial charge in [0, 0.05) is 16.8 Å². The molecule has 21 heavy (non-hydrogen) atoms. The van der Waals surface area contributed by atoms with Crippen LogP contribution in [0, 0.1) is 0 Å². The van der Waals surface area contributed by atoms with Crippen LogP contribution in [0.2, 0.25) is 0 Å². The average Bonchev–Trinajstić information content (AvgIpc) is 2.54. The summed E-state index contributed by atoms with van der Waals surface area (Å²) in [5, 5.41) is 9.59. The Kier molecular flexibility index (Phi) is 2.89. The van der Waals surface area contributed by atoms with Crippen molar-refractivity contribution in [2.24, 2.45) is 0 Å². The summed E-state index contributed by atoms with van der Waals surface area (Å²) in [4.78, 5) is 0. The van der Waals surface area contributed by atoms with E-state index in [9.17, 15) is 0 Å². The normalized spacial score (nSPS) is 13.2. The van der Waals surface area contributed by atoms with Crippen molar-refractivity contribution in [3.05, 3.63) is 78.3 Å². The molecular formula is C18H15BN2. The van der Waals surface area contributed by atoms with Gasteiger partial charge in [0.15, 0.2) is 0 Å². The van der Waals surface area contributed by atoms with Crippen molar-refractivity contribution < 1.29 is 0 Å². The molecule has 0 aliphatic carbocycles. The first-order valence-electron chi connectivity index (χ1n) is 7.18. The van der Waals surface area contributed by atoms with E-state index in [4.69, 9.17) is 0 Å². The second-order valence-corrected chi connectivity index (χ2v) is 5.25. The van der Waals surface area contributed by atoms with Gasteiger partial charge in [-0.15, -0.1) is 0 Å². The Morgan fingerprint density at radius 1 is 0.714 bits per heavy atom. The van der Waals surface area contributed by atoms with Gasteiger partial charge in [0.1, 0.15) is 0 Å². The molecule has 2 nitrogen and oxygen atoms in total. The summed E-state index contributed by atoms with van der Waals surface area (Å²) in [6.45, 7) is 0.103. The minimum absolute atomic E-state index is 0.103. The van der Waals surface area contributed by atoms with Crippen LogP contribution in [0.5, 0.6) is 0 Å². The van der Waals surface area contributed by atoms with Crippen molar-refractivity contribution in [1.29, 1.82) is 0 Å². The summed E-state index contributed by atoms with van der Waals surface area (Å²) in [6, 6.07) is 23.1. The molecule has 0 spiro atoms. The lowest BCUT2D eigenvalue weighted by Gasteiger charge is -2.24. The van der Waals surface area contributed by atoms with Crippen LogP contribution >= 0.6 is 0 Å². The zero-order valence-electron chi connectivity index (χ0n) is 11.6. The van der Waals surface area contributed by atoms with Gasteiger partial charge in [0.25, 0.3) is 0 Å². The smallest absolute Gasteiger partial charge is 0.398 e. The highest BCUT2D eigenvalue weighted by Gasteiger charge is 2.20. The first kappa shape index (κ1) is 12.1. The molecule has 100 valence electrons. The van der Waals surface area contributed by atoms with Gasteiger partial charge in [-0.25, -0.2) is 0 Å². The Morgan fingerprint density at radius 2 is 1.38 bits per heavy atom. The van der Waals surface area contributed by atoms with Gasteiger partial charge in [-0.1, -0.05) is 66.6 Å². The standard InChI is InChI=1S/C18H15BN2/c1-2-6-14(7-3-1)12-13-19-20-16-10-4-8-15-9-5-11-17(21-19)18(15)16/h1-13,20-21H/b13-12-. The van der Waals surface area contributed by atoms with E-state index in [1.54, 1.807) is 0 Å². The number of nitrogens with one attached hydrogen (secondary N) is 2. The van der Waals surface area contributed by atoms with E-state index in [1.807, 2.05) is 6.07 Å². The summed E-state index contributed by atoms with van der Waals surface area (Å²) in [7, 11) is 0. The van der Waals surface area contributed by atoms with Crippen molar-refractivity contribution in [2.45, 2.75) is 0 Å². The molecule has 0 bridgehead atoms. The van der Waals surface area contributed by atoms with Gasteiger partial charge in [-0.05, 0) is 23.1 Å². The summed E-state index contributed by atoms with van der Waals surface area (Å²) in [5.74, 6) is 2.16. The summed E-state index contributed by atoms with van der Waals surface area (Å²) >= 11 is 0. The maximum absolute atomic E-state index is 3.53. The molecule has 1 aliphatic rings. The Balaban J connectivity index is 1.66. The third kappa shape index (κ3) is 2.27. The van der Waals surface area contributed by atoms with Gasteiger partial charge in [0.2, 0.25) is 0 Å². The topological polar surface area (TPSA) is 24.1 Å². The molecule has 3 aromatic rings. The minimum atomic E-state index is 0.103. The van der Waals surface area contributed by atoms with E-state index >= 15 is 0 Å². The third-order valence-corrected chi connectivity index (χ3v) is 3.81. The molecule has 0 amide bonds. The third-order valence-electron chi connectivity index (χ3n) is 3.81. The number of hydrogen-bond donors (Lipinski definition) is 2. The van der Waals surface area contributed by atoms with E-state index < -0.39 is 0 Å². The predicted molar refractivity (Wildman–Crippen MR) is 92.4 cm³/mol. The van der Waals surface area contributed by atoms with Crippen LogP contribution in [0.15, 0.2) is 72.7 Å². The Bertz CT molecular complexity index is 771. The van der Waals surface area contributed by atoms with Crippen molar-refractivity contribution in [3.8, 4) is 0 Å². The van der Waals surface area contributed by atoms with Gasteiger partial charge in [-0.2, -0.15) is 0 Å². The molecule has 3 heteroatoms. The van der Waals surface area contributed by atoms with Crippen LogP contribution in [-0.4, -0.2) is 6.98 Å². The minimum Gasteiger partial charge on any atom is -0.405 e. The summed E-state index contributed by atoms with van der Waals surface area (Å²) in [6.07, 6.45) is 2.14. The predicted octanol–water partition coefficient (Wildman–Crippen LogP) is 4.42. The number of rotatable bonds is 2. The quantitative estimate of drug-likeness (QED) is 0.673. The highest BCUT2D eigenvalue weighted by molar-refractivity contribution is 6.73. The van der Waals surface area contributed by atoms with Crippen molar-refractivity contribution in [1.82, 2.24) is 0 Å². The molecular weight excluding hydrogens is 255 g/mol. The van der Waals surface area contributed by atoms with Crippen molar-refractivity contribution in [3.63, 3.8) is 0 Å². The Hall–Kier alpha value is -2.68. The number of anilines is 2. The molecule has 3 aromatic carbocycles. The molecule has 0 atom stereocenters. The first-order chi connectivity index (χ1) is 10.4. The molecule has 1 heterocycles. The maximum atomic E-state index is 3.53.